The largest absolute Gasteiger partial charge is 0.416 e. The van der Waals surface area contributed by atoms with E-state index in [4.69, 9.17) is 32.9 Å². The molecule has 0 fully saturated rings. The van der Waals surface area contributed by atoms with E-state index in [0.717, 1.165) is 22.9 Å². The normalized spacial score (nSPS) is 11.0. The summed E-state index contributed by atoms with van der Waals surface area (Å²) >= 11 is 0. The Bertz CT molecular complexity index is 5400. The Morgan fingerprint density at radius 1 is 0.319 bits per heavy atom. The minimum absolute atomic E-state index is 0.266. The third-order valence-electron chi connectivity index (χ3n) is 16.2. The first-order chi connectivity index (χ1) is 44.1. The average Bonchev–Trinajstić information content (AvgIpc) is 1.60. The van der Waals surface area contributed by atoms with Gasteiger partial charge in [-0.15, -0.1) is 0 Å². The predicted octanol–water partition coefficient (Wildman–Crippen LogP) is 21.5. The molecule has 0 aliphatic carbocycles. The molecule has 0 bridgehead atoms. The van der Waals surface area contributed by atoms with Crippen molar-refractivity contribution in [1.82, 2.24) is 9.13 Å². The van der Waals surface area contributed by atoms with E-state index in [-0.39, 0.29) is 34.0 Å². The zero-order chi connectivity index (χ0) is 63.4. The second-order valence-electron chi connectivity index (χ2n) is 21.7. The van der Waals surface area contributed by atoms with Gasteiger partial charge in [-0.25, -0.2) is 24.2 Å². The molecule has 2 aromatic heterocycles. The van der Waals surface area contributed by atoms with Crippen LogP contribution in [0, 0.1) is 85.1 Å². The summed E-state index contributed by atoms with van der Waals surface area (Å²) in [5.74, 6) is 0. The van der Waals surface area contributed by atoms with Crippen molar-refractivity contribution in [3.8, 4) is 102 Å². The standard InChI is InChI=1S/C77H36F3N11/c1-44-19-54(28-59(20-44)77(78,79)80)53-7-13-65(76(37-53)91-73-16-10-51(57-25-48(43-84)27-62(30-57)87-4)35-68(73)69-36-52(11-17-74(69)91)58-31-63(88-5)38-64(32-58)89-6)70-39-60(85-2)12-18-75(70)90-71-14-8-49(55-22-45(40-81)21-46(23-55)41-82)33-66(71)67-34-50(9-15-72(67)90)56-24-47(42-83)26-61(29-56)86-3/h7-39H,1H3. The summed E-state index contributed by atoms with van der Waals surface area (Å²) < 4.78 is 48.4. The molecule has 0 atom stereocenters. The number of nitrogens with zero attached hydrogens (tertiary/aromatic N) is 11. The fraction of sp³-hybridized carbons (Fsp3) is 0.0260. The van der Waals surface area contributed by atoms with Gasteiger partial charge in [-0.2, -0.15) is 34.2 Å². The summed E-state index contributed by atoms with van der Waals surface area (Å²) in [7, 11) is 0. The topological polar surface area (TPSA) is 127 Å². The van der Waals surface area contributed by atoms with E-state index in [1.165, 1.54) is 24.3 Å². The number of benzene rings is 11. The number of hydrogen-bond acceptors (Lipinski definition) is 4. The molecule has 0 amide bonds. The van der Waals surface area contributed by atoms with Gasteiger partial charge in [0.15, 0.2) is 28.4 Å². The van der Waals surface area contributed by atoms with Crippen LogP contribution in [0.5, 0.6) is 0 Å². The zero-order valence-electron chi connectivity index (χ0n) is 47.6. The highest BCUT2D eigenvalue weighted by Crippen LogP contribution is 2.47. The Labute approximate surface area is 519 Å². The molecular formula is C77H36F3N11. The van der Waals surface area contributed by atoms with E-state index >= 15 is 0 Å². The molecular weight excluding hydrogens is 1140 g/mol. The van der Waals surface area contributed by atoms with Crippen molar-refractivity contribution >= 4 is 72.0 Å². The fourth-order valence-corrected chi connectivity index (χ4v) is 12.2. The van der Waals surface area contributed by atoms with E-state index < -0.39 is 11.7 Å². The first-order valence-corrected chi connectivity index (χ1v) is 27.9. The summed E-state index contributed by atoms with van der Waals surface area (Å²) in [5.41, 5.74) is 13.0. The van der Waals surface area contributed by atoms with Crippen LogP contribution < -0.4 is 0 Å². The lowest BCUT2D eigenvalue weighted by molar-refractivity contribution is -0.137. The smallest absolute Gasteiger partial charge is 0.309 e. The maximum Gasteiger partial charge on any atom is 0.416 e. The van der Waals surface area contributed by atoms with Gasteiger partial charge < -0.3 is 9.13 Å². The number of aryl methyl sites for hydroxylation is 1. The van der Waals surface area contributed by atoms with Gasteiger partial charge in [0.1, 0.15) is 0 Å². The average molecular weight is 1170 g/mol. The molecule has 13 rings (SSSR count). The number of rotatable bonds is 8. The molecule has 0 N–H and O–H groups in total. The van der Waals surface area contributed by atoms with Gasteiger partial charge >= 0.3 is 6.18 Å². The van der Waals surface area contributed by atoms with E-state index in [1.54, 1.807) is 79.7 Å². The molecule has 0 spiro atoms. The number of hydrogen-bond donors (Lipinski definition) is 0. The Morgan fingerprint density at radius 3 is 1.10 bits per heavy atom. The number of aromatic nitrogens is 2. The first-order valence-electron chi connectivity index (χ1n) is 27.9. The van der Waals surface area contributed by atoms with Crippen molar-refractivity contribution in [2.45, 2.75) is 13.1 Å². The lowest BCUT2D eigenvalue weighted by Gasteiger charge is -2.21. The summed E-state index contributed by atoms with van der Waals surface area (Å²) in [4.78, 5) is 18.5. The molecule has 91 heavy (non-hydrogen) atoms. The second kappa shape index (κ2) is 22.3. The van der Waals surface area contributed by atoms with Crippen LogP contribution in [0.3, 0.4) is 0 Å². The second-order valence-corrected chi connectivity index (χ2v) is 21.7. The van der Waals surface area contributed by atoms with Crippen molar-refractivity contribution in [2.24, 2.45) is 0 Å². The van der Waals surface area contributed by atoms with Crippen LogP contribution >= 0.6 is 0 Å². The summed E-state index contributed by atoms with van der Waals surface area (Å²) in [5, 5.41) is 43.1. The van der Waals surface area contributed by atoms with Crippen molar-refractivity contribution in [3.05, 3.63) is 291 Å². The molecule has 0 aliphatic heterocycles. The van der Waals surface area contributed by atoms with Gasteiger partial charge in [-0.05, 0) is 207 Å². The van der Waals surface area contributed by atoms with Gasteiger partial charge in [0.2, 0.25) is 0 Å². The molecule has 420 valence electrons. The fourth-order valence-electron chi connectivity index (χ4n) is 12.2. The van der Waals surface area contributed by atoms with Gasteiger partial charge in [-0.1, -0.05) is 66.7 Å². The van der Waals surface area contributed by atoms with E-state index in [2.05, 4.69) is 53.1 Å². The third-order valence-corrected chi connectivity index (χ3v) is 16.2. The molecule has 0 saturated carbocycles. The van der Waals surface area contributed by atoms with Gasteiger partial charge in [0, 0.05) is 38.2 Å². The Morgan fingerprint density at radius 2 is 0.681 bits per heavy atom. The van der Waals surface area contributed by atoms with Crippen molar-refractivity contribution < 1.29 is 13.2 Å². The predicted molar refractivity (Wildman–Crippen MR) is 348 cm³/mol. The van der Waals surface area contributed by atoms with Crippen molar-refractivity contribution in [3.63, 3.8) is 0 Å². The van der Waals surface area contributed by atoms with Crippen molar-refractivity contribution in [1.29, 1.82) is 21.0 Å². The molecule has 0 saturated heterocycles. The monoisotopic (exact) mass is 1170 g/mol. The van der Waals surface area contributed by atoms with Crippen LogP contribution in [-0.2, 0) is 6.18 Å². The lowest BCUT2D eigenvalue weighted by atomic mass is 9.94. The molecule has 0 unspecified atom stereocenters. The molecule has 0 aliphatic rings. The molecule has 2 heterocycles. The highest BCUT2D eigenvalue weighted by molar-refractivity contribution is 6.14. The number of nitriles is 4. The number of fused-ring (bicyclic) bond motifs is 6. The maximum absolute atomic E-state index is 14.8. The van der Waals surface area contributed by atoms with Crippen LogP contribution in [0.1, 0.15) is 33.4 Å². The van der Waals surface area contributed by atoms with Crippen molar-refractivity contribution in [2.75, 3.05) is 0 Å². The van der Waals surface area contributed by atoms with E-state index in [9.17, 15) is 34.2 Å². The third kappa shape index (κ3) is 10.1. The SMILES string of the molecule is [C-]#[N+]c1cc(C#N)cc(-c2ccc3c(c2)c2cc(-c4cc(C#N)cc(C#N)c4)ccc2n3-c2ccc([N+]#[C-])cc2-c2ccc(-c3cc(C)cc(C(F)(F)F)c3)cc2-n2c3ccc(-c4cc(C#N)cc([N+]#[C-])c4)cc3c3cc(-c4cc([N+]#[C-])cc([N+]#[C-])c4)ccc32)c1. The summed E-state index contributed by atoms with van der Waals surface area (Å²) in [6.07, 6.45) is -4.67. The zero-order valence-corrected chi connectivity index (χ0v) is 47.6. The molecule has 14 heteroatoms. The Kier molecular flexibility index (Phi) is 13.8. The molecule has 11 nitrogen and oxygen atoms in total. The van der Waals surface area contributed by atoms with Gasteiger partial charge in [0.05, 0.1) is 107 Å². The van der Waals surface area contributed by atoms with Crippen LogP contribution in [0.2, 0.25) is 0 Å². The lowest BCUT2D eigenvalue weighted by Crippen LogP contribution is -2.05. The minimum atomic E-state index is -4.67. The maximum atomic E-state index is 14.8. The van der Waals surface area contributed by atoms with Gasteiger partial charge in [0.25, 0.3) is 0 Å². The highest BCUT2D eigenvalue weighted by Gasteiger charge is 2.31. The minimum Gasteiger partial charge on any atom is -0.309 e. The van der Waals surface area contributed by atoms with E-state index in [0.29, 0.717) is 133 Å². The van der Waals surface area contributed by atoms with Gasteiger partial charge in [-0.3, -0.25) is 0 Å². The molecule has 0 radical (unpaired) electrons. The number of alkyl halides is 3. The highest BCUT2D eigenvalue weighted by atomic mass is 19.4. The van der Waals surface area contributed by atoms with Crippen LogP contribution in [0.15, 0.2) is 200 Å². The van der Waals surface area contributed by atoms with Crippen LogP contribution in [-0.4, -0.2) is 9.13 Å². The molecule has 13 aromatic rings. The Balaban J connectivity index is 1.13. The number of halogens is 3. The van der Waals surface area contributed by atoms with E-state index in [1.807, 2.05) is 95.6 Å². The summed E-state index contributed by atoms with van der Waals surface area (Å²) in [6.45, 7) is 41.5. The van der Waals surface area contributed by atoms with Crippen LogP contribution in [0.25, 0.3) is 146 Å². The Hall–Kier alpha value is -13.8. The molecule has 11 aromatic carbocycles. The quantitative estimate of drug-likeness (QED) is 0.140. The first kappa shape index (κ1) is 56.4. The van der Waals surface area contributed by atoms with Crippen LogP contribution in [0.4, 0.5) is 41.6 Å². The summed E-state index contributed by atoms with van der Waals surface area (Å²) in [6, 6.07) is 66.4.